The first-order valence-electron chi connectivity index (χ1n) is 9.90. The van der Waals surface area contributed by atoms with Crippen molar-refractivity contribution in [3.8, 4) is 0 Å². The second-order valence-corrected chi connectivity index (χ2v) is 9.75. The average molecular weight is 450 g/mol. The Morgan fingerprint density at radius 2 is 1.80 bits per heavy atom. The molecule has 2 aromatic carbocycles. The number of rotatable bonds is 5. The van der Waals surface area contributed by atoms with Crippen LogP contribution < -0.4 is 5.32 Å². The van der Waals surface area contributed by atoms with E-state index < -0.39 is 10.0 Å². The molecule has 2 aliphatic heterocycles. The van der Waals surface area contributed by atoms with Crippen LogP contribution in [0, 0.1) is 0 Å². The quantitative estimate of drug-likeness (QED) is 0.758. The van der Waals surface area contributed by atoms with Gasteiger partial charge >= 0.3 is 0 Å². The molecule has 9 heteroatoms. The Kier molecular flexibility index (Phi) is 6.40. The minimum absolute atomic E-state index is 0.00392. The number of fused-ring (bicyclic) bond motifs is 1. The molecule has 0 atom stereocenters. The normalized spacial score (nSPS) is 18.0. The fraction of sp³-hybridized carbons (Fsp3) is 0.381. The van der Waals surface area contributed by atoms with Gasteiger partial charge in [0.05, 0.1) is 24.8 Å². The molecular weight excluding hydrogens is 426 g/mol. The van der Waals surface area contributed by atoms with Gasteiger partial charge in [-0.2, -0.15) is 4.31 Å². The number of carbonyl (C=O) groups is 1. The number of anilines is 1. The number of amides is 1. The summed E-state index contributed by atoms with van der Waals surface area (Å²) in [6.07, 6.45) is 0.909. The number of ether oxygens (including phenoxy) is 1. The average Bonchev–Trinajstić information content (AvgIpc) is 2.75. The highest BCUT2D eigenvalue weighted by Gasteiger charge is 2.29. The first-order valence-corrected chi connectivity index (χ1v) is 11.7. The van der Waals surface area contributed by atoms with Gasteiger partial charge < -0.3 is 10.1 Å². The fourth-order valence-corrected chi connectivity index (χ4v) is 5.71. The Morgan fingerprint density at radius 1 is 1.07 bits per heavy atom. The first-order chi connectivity index (χ1) is 14.4. The highest BCUT2D eigenvalue weighted by molar-refractivity contribution is 7.89. The third kappa shape index (κ3) is 4.68. The summed E-state index contributed by atoms with van der Waals surface area (Å²) in [6.45, 7) is 3.04. The van der Waals surface area contributed by atoms with E-state index in [1.807, 2.05) is 12.1 Å². The van der Waals surface area contributed by atoms with E-state index in [0.29, 0.717) is 18.9 Å². The summed E-state index contributed by atoms with van der Waals surface area (Å²) >= 11 is 6.18. The molecule has 0 aromatic heterocycles. The summed E-state index contributed by atoms with van der Waals surface area (Å²) in [5.74, 6) is -0.188. The Bertz CT molecular complexity index is 1040. The molecule has 4 rings (SSSR count). The Hall–Kier alpha value is -1.97. The van der Waals surface area contributed by atoms with Gasteiger partial charge in [0.15, 0.2) is 0 Å². The smallest absolute Gasteiger partial charge is 0.244 e. The van der Waals surface area contributed by atoms with Crippen LogP contribution in [-0.4, -0.2) is 62.9 Å². The standard InChI is InChI=1S/C21H24ClN3O4S/c22-19-6-5-18(13-20(19)30(27,28)25-9-11-29-12-10-25)23-21(26)15-24-8-7-16-3-1-2-4-17(16)14-24/h1-6,13H,7-12,14-15H2,(H,23,26). The number of nitrogens with zero attached hydrogens (tertiary/aromatic N) is 2. The minimum Gasteiger partial charge on any atom is -0.379 e. The lowest BCUT2D eigenvalue weighted by molar-refractivity contribution is -0.117. The van der Waals surface area contributed by atoms with Crippen molar-refractivity contribution >= 4 is 33.2 Å². The molecule has 0 unspecified atom stereocenters. The summed E-state index contributed by atoms with van der Waals surface area (Å²) in [5.41, 5.74) is 2.97. The van der Waals surface area contributed by atoms with Gasteiger partial charge in [-0.05, 0) is 35.7 Å². The number of morpholine rings is 1. The highest BCUT2D eigenvalue weighted by atomic mass is 35.5. The summed E-state index contributed by atoms with van der Waals surface area (Å²) in [6, 6.07) is 12.8. The van der Waals surface area contributed by atoms with Gasteiger partial charge in [0.25, 0.3) is 0 Å². The molecule has 2 aromatic rings. The maximum Gasteiger partial charge on any atom is 0.244 e. The molecule has 1 fully saturated rings. The van der Waals surface area contributed by atoms with Crippen molar-refractivity contribution in [2.24, 2.45) is 0 Å². The Morgan fingerprint density at radius 3 is 2.57 bits per heavy atom. The predicted molar refractivity (Wildman–Crippen MR) is 115 cm³/mol. The Labute approximate surface area is 181 Å². The van der Waals surface area contributed by atoms with Crippen molar-refractivity contribution in [3.63, 3.8) is 0 Å². The van der Waals surface area contributed by atoms with Gasteiger partial charge in [-0.25, -0.2) is 8.42 Å². The van der Waals surface area contributed by atoms with Crippen LogP contribution in [0.25, 0.3) is 0 Å². The molecule has 7 nitrogen and oxygen atoms in total. The molecule has 0 saturated carbocycles. The highest BCUT2D eigenvalue weighted by Crippen LogP contribution is 2.28. The van der Waals surface area contributed by atoms with Gasteiger partial charge in [-0.3, -0.25) is 9.69 Å². The van der Waals surface area contributed by atoms with Crippen LogP contribution in [0.5, 0.6) is 0 Å². The van der Waals surface area contributed by atoms with Crippen LogP contribution in [0.3, 0.4) is 0 Å². The van der Waals surface area contributed by atoms with Crippen LogP contribution in [0.15, 0.2) is 47.4 Å². The first kappa shape index (κ1) is 21.3. The van der Waals surface area contributed by atoms with Gasteiger partial charge in [0.2, 0.25) is 15.9 Å². The second-order valence-electron chi connectivity index (χ2n) is 7.44. The van der Waals surface area contributed by atoms with E-state index in [4.69, 9.17) is 16.3 Å². The van der Waals surface area contributed by atoms with Gasteiger partial charge in [-0.15, -0.1) is 0 Å². The number of halogens is 1. The van der Waals surface area contributed by atoms with Crippen molar-refractivity contribution in [2.45, 2.75) is 17.9 Å². The van der Waals surface area contributed by atoms with Crippen molar-refractivity contribution in [2.75, 3.05) is 44.7 Å². The number of hydrogen-bond acceptors (Lipinski definition) is 5. The maximum absolute atomic E-state index is 12.9. The van der Waals surface area contributed by atoms with E-state index in [9.17, 15) is 13.2 Å². The van der Waals surface area contributed by atoms with E-state index in [-0.39, 0.29) is 35.5 Å². The summed E-state index contributed by atoms with van der Waals surface area (Å²) < 4.78 is 32.5. The number of sulfonamides is 1. The van der Waals surface area contributed by atoms with E-state index in [1.54, 1.807) is 6.07 Å². The zero-order valence-electron chi connectivity index (χ0n) is 16.5. The zero-order valence-corrected chi connectivity index (χ0v) is 18.1. The largest absolute Gasteiger partial charge is 0.379 e. The van der Waals surface area contributed by atoms with E-state index >= 15 is 0 Å². The summed E-state index contributed by atoms with van der Waals surface area (Å²) in [5, 5.41) is 2.94. The van der Waals surface area contributed by atoms with Crippen molar-refractivity contribution < 1.29 is 17.9 Å². The molecular formula is C21H24ClN3O4S. The van der Waals surface area contributed by atoms with Gasteiger partial charge in [0, 0.05) is 31.9 Å². The molecule has 1 amide bonds. The van der Waals surface area contributed by atoms with Crippen LogP contribution in [0.2, 0.25) is 5.02 Å². The third-order valence-electron chi connectivity index (χ3n) is 5.38. The predicted octanol–water partition coefficient (Wildman–Crippen LogP) is 2.36. The van der Waals surface area contributed by atoms with E-state index in [1.165, 1.54) is 27.6 Å². The van der Waals surface area contributed by atoms with Crippen LogP contribution in [0.1, 0.15) is 11.1 Å². The van der Waals surface area contributed by atoms with Gasteiger partial charge in [0.1, 0.15) is 4.90 Å². The molecule has 0 spiro atoms. The Balaban J connectivity index is 1.44. The fourth-order valence-electron chi connectivity index (χ4n) is 3.80. The molecule has 160 valence electrons. The van der Waals surface area contributed by atoms with Gasteiger partial charge in [-0.1, -0.05) is 35.9 Å². The summed E-state index contributed by atoms with van der Waals surface area (Å²) in [7, 11) is -3.75. The third-order valence-corrected chi connectivity index (χ3v) is 7.76. The van der Waals surface area contributed by atoms with Crippen LogP contribution >= 0.6 is 11.6 Å². The van der Waals surface area contributed by atoms with E-state index in [0.717, 1.165) is 19.5 Å². The monoisotopic (exact) mass is 449 g/mol. The number of nitrogens with one attached hydrogen (secondary N) is 1. The lowest BCUT2D eigenvalue weighted by atomic mass is 10.00. The molecule has 2 aliphatic rings. The zero-order chi connectivity index (χ0) is 21.1. The molecule has 1 saturated heterocycles. The SMILES string of the molecule is O=C(CN1CCc2ccccc2C1)Nc1ccc(Cl)c(S(=O)(=O)N2CCOCC2)c1. The van der Waals surface area contributed by atoms with Crippen LogP contribution in [0.4, 0.5) is 5.69 Å². The van der Waals surface area contributed by atoms with E-state index in [2.05, 4.69) is 22.3 Å². The second kappa shape index (κ2) is 9.03. The molecule has 2 heterocycles. The van der Waals surface area contributed by atoms with Crippen molar-refractivity contribution in [1.82, 2.24) is 9.21 Å². The molecule has 0 aliphatic carbocycles. The number of hydrogen-bond donors (Lipinski definition) is 1. The summed E-state index contributed by atoms with van der Waals surface area (Å²) in [4.78, 5) is 14.7. The maximum atomic E-state index is 12.9. The van der Waals surface area contributed by atoms with Crippen molar-refractivity contribution in [3.05, 3.63) is 58.6 Å². The molecule has 30 heavy (non-hydrogen) atoms. The lowest BCUT2D eigenvalue weighted by Crippen LogP contribution is -2.40. The lowest BCUT2D eigenvalue weighted by Gasteiger charge is -2.28. The van der Waals surface area contributed by atoms with Crippen LogP contribution in [-0.2, 0) is 32.5 Å². The topological polar surface area (TPSA) is 79.0 Å². The number of benzene rings is 2. The van der Waals surface area contributed by atoms with Crippen molar-refractivity contribution in [1.29, 1.82) is 0 Å². The molecule has 0 radical (unpaired) electrons. The number of carbonyl (C=O) groups excluding carboxylic acids is 1. The molecule has 0 bridgehead atoms. The minimum atomic E-state index is -3.75. The molecule has 1 N–H and O–H groups in total.